The third kappa shape index (κ3) is 1.64. The smallest absolute Gasteiger partial charge is 0.178 e. The summed E-state index contributed by atoms with van der Waals surface area (Å²) >= 11 is 5.51. The van der Waals surface area contributed by atoms with Gasteiger partial charge in [0.1, 0.15) is 0 Å². The maximum absolute atomic E-state index is 5.51. The van der Waals surface area contributed by atoms with Crippen LogP contribution in [0.1, 0.15) is 37.8 Å². The van der Waals surface area contributed by atoms with Gasteiger partial charge in [-0.1, -0.05) is 25.5 Å². The summed E-state index contributed by atoms with van der Waals surface area (Å²) in [4.78, 5) is 3.37. The fraction of sp³-hybridized carbons (Fsp3) is 0.500. The SMILES string of the molecule is Cc1cccc2c1[nH]c(=S)n2C1CCCC1C. The maximum Gasteiger partial charge on any atom is 0.178 e. The fourth-order valence-electron chi connectivity index (χ4n) is 3.13. The van der Waals surface area contributed by atoms with Crippen molar-refractivity contribution in [3.05, 3.63) is 28.5 Å². The van der Waals surface area contributed by atoms with Crippen LogP contribution in [0.4, 0.5) is 0 Å². The molecule has 2 unspecified atom stereocenters. The topological polar surface area (TPSA) is 20.7 Å². The summed E-state index contributed by atoms with van der Waals surface area (Å²) in [5.74, 6) is 0.737. The van der Waals surface area contributed by atoms with Gasteiger partial charge in [0.25, 0.3) is 0 Å². The third-order valence-corrected chi connectivity index (χ3v) is 4.41. The first kappa shape index (κ1) is 11.0. The Morgan fingerprint density at radius 1 is 1.35 bits per heavy atom. The molecule has 2 nitrogen and oxygen atoms in total. The van der Waals surface area contributed by atoms with Gasteiger partial charge in [0, 0.05) is 6.04 Å². The molecule has 0 bridgehead atoms. The van der Waals surface area contributed by atoms with E-state index in [4.69, 9.17) is 12.2 Å². The molecule has 0 aliphatic heterocycles. The zero-order valence-electron chi connectivity index (χ0n) is 10.4. The van der Waals surface area contributed by atoms with E-state index in [0.717, 1.165) is 10.7 Å². The number of hydrogen-bond acceptors (Lipinski definition) is 1. The van der Waals surface area contributed by atoms with Crippen LogP contribution in [0.3, 0.4) is 0 Å². The molecule has 1 N–H and O–H groups in total. The summed E-state index contributed by atoms with van der Waals surface area (Å²) in [6.45, 7) is 4.48. The van der Waals surface area contributed by atoms with Crippen LogP contribution in [-0.2, 0) is 0 Å². The van der Waals surface area contributed by atoms with Crippen LogP contribution in [-0.4, -0.2) is 9.55 Å². The highest BCUT2D eigenvalue weighted by molar-refractivity contribution is 7.71. The molecule has 1 aliphatic rings. The van der Waals surface area contributed by atoms with Crippen molar-refractivity contribution < 1.29 is 0 Å². The summed E-state index contributed by atoms with van der Waals surface area (Å²) in [6, 6.07) is 7.02. The van der Waals surface area contributed by atoms with Crippen LogP contribution in [0.25, 0.3) is 11.0 Å². The van der Waals surface area contributed by atoms with Crippen LogP contribution in [0, 0.1) is 17.6 Å². The Bertz CT molecular complexity index is 608. The highest BCUT2D eigenvalue weighted by Crippen LogP contribution is 2.37. The van der Waals surface area contributed by atoms with Crippen molar-refractivity contribution in [2.75, 3.05) is 0 Å². The van der Waals surface area contributed by atoms with Crippen LogP contribution in [0.5, 0.6) is 0 Å². The number of aryl methyl sites for hydroxylation is 1. The molecule has 17 heavy (non-hydrogen) atoms. The lowest BCUT2D eigenvalue weighted by Gasteiger charge is -2.18. The first-order valence-corrected chi connectivity index (χ1v) is 6.79. The first-order valence-electron chi connectivity index (χ1n) is 6.38. The summed E-state index contributed by atoms with van der Waals surface area (Å²) < 4.78 is 3.23. The van der Waals surface area contributed by atoms with Crippen molar-refractivity contribution in [1.29, 1.82) is 0 Å². The average Bonchev–Trinajstić information content (AvgIpc) is 2.83. The second kappa shape index (κ2) is 3.98. The highest BCUT2D eigenvalue weighted by Gasteiger charge is 2.26. The Morgan fingerprint density at radius 3 is 2.88 bits per heavy atom. The summed E-state index contributed by atoms with van der Waals surface area (Å²) in [6.07, 6.45) is 3.91. The minimum Gasteiger partial charge on any atom is -0.330 e. The molecule has 0 amide bonds. The minimum absolute atomic E-state index is 0.582. The van der Waals surface area contributed by atoms with Crippen molar-refractivity contribution >= 4 is 23.3 Å². The molecular weight excluding hydrogens is 228 g/mol. The number of nitrogens with one attached hydrogen (secondary N) is 1. The predicted octanol–water partition coefficient (Wildman–Crippen LogP) is 4.37. The van der Waals surface area contributed by atoms with E-state index < -0.39 is 0 Å². The summed E-state index contributed by atoms with van der Waals surface area (Å²) in [7, 11) is 0. The van der Waals surface area contributed by atoms with E-state index in [1.807, 2.05) is 0 Å². The van der Waals surface area contributed by atoms with Crippen LogP contribution in [0.15, 0.2) is 18.2 Å². The average molecular weight is 246 g/mol. The van der Waals surface area contributed by atoms with E-state index in [-0.39, 0.29) is 0 Å². The number of fused-ring (bicyclic) bond motifs is 1. The molecule has 90 valence electrons. The van der Waals surface area contributed by atoms with Gasteiger partial charge in [-0.15, -0.1) is 0 Å². The minimum atomic E-state index is 0.582. The predicted molar refractivity (Wildman–Crippen MR) is 73.9 cm³/mol. The number of para-hydroxylation sites is 1. The van der Waals surface area contributed by atoms with Gasteiger partial charge < -0.3 is 9.55 Å². The number of H-pyrrole nitrogens is 1. The molecule has 1 saturated carbocycles. The van der Waals surface area contributed by atoms with Crippen LogP contribution < -0.4 is 0 Å². The van der Waals surface area contributed by atoms with Crippen molar-refractivity contribution in [1.82, 2.24) is 9.55 Å². The Balaban J connectivity index is 2.25. The Morgan fingerprint density at radius 2 is 2.18 bits per heavy atom. The van der Waals surface area contributed by atoms with Crippen LogP contribution >= 0.6 is 12.2 Å². The second-order valence-corrected chi connectivity index (χ2v) is 5.63. The standard InChI is InChI=1S/C14H18N2S/c1-9-5-3-7-11(9)16-12-8-4-6-10(2)13(12)15-14(16)17/h4,6,8-9,11H,3,5,7H2,1-2H3,(H,15,17). The Kier molecular flexibility index (Phi) is 2.58. The quantitative estimate of drug-likeness (QED) is 0.741. The number of hydrogen-bond donors (Lipinski definition) is 1. The number of aromatic nitrogens is 2. The summed E-state index contributed by atoms with van der Waals surface area (Å²) in [5, 5.41) is 0. The third-order valence-electron chi connectivity index (χ3n) is 4.11. The number of imidazole rings is 1. The van der Waals surface area contributed by atoms with E-state index >= 15 is 0 Å². The highest BCUT2D eigenvalue weighted by atomic mass is 32.1. The summed E-state index contributed by atoms with van der Waals surface area (Å²) in [5.41, 5.74) is 3.75. The second-order valence-electron chi connectivity index (χ2n) is 5.24. The molecule has 0 spiro atoms. The normalized spacial score (nSPS) is 24.6. The number of nitrogens with zero attached hydrogens (tertiary/aromatic N) is 1. The molecular formula is C14H18N2S. The molecule has 2 atom stereocenters. The van der Waals surface area contributed by atoms with E-state index in [9.17, 15) is 0 Å². The lowest BCUT2D eigenvalue weighted by molar-refractivity contribution is 0.413. The zero-order valence-corrected chi connectivity index (χ0v) is 11.2. The molecule has 3 heteroatoms. The molecule has 1 heterocycles. The van der Waals surface area contributed by atoms with E-state index in [1.165, 1.54) is 35.9 Å². The van der Waals surface area contributed by atoms with E-state index in [1.54, 1.807) is 0 Å². The first-order chi connectivity index (χ1) is 8.18. The van der Waals surface area contributed by atoms with Gasteiger partial charge in [0.15, 0.2) is 4.77 Å². The maximum atomic E-state index is 5.51. The van der Waals surface area contributed by atoms with Crippen LogP contribution in [0.2, 0.25) is 0 Å². The number of rotatable bonds is 1. The molecule has 1 fully saturated rings. The number of benzene rings is 1. The lowest BCUT2D eigenvalue weighted by atomic mass is 10.1. The van der Waals surface area contributed by atoms with Crippen molar-refractivity contribution in [3.63, 3.8) is 0 Å². The van der Waals surface area contributed by atoms with Gasteiger partial charge in [-0.05, 0) is 49.5 Å². The molecule has 2 aromatic rings. The monoisotopic (exact) mass is 246 g/mol. The molecule has 0 radical (unpaired) electrons. The van der Waals surface area contributed by atoms with Gasteiger partial charge in [0.2, 0.25) is 0 Å². The Hall–Kier alpha value is -1.09. The number of aromatic amines is 1. The molecule has 3 rings (SSSR count). The van der Waals surface area contributed by atoms with Crippen molar-refractivity contribution in [3.8, 4) is 0 Å². The molecule has 1 aliphatic carbocycles. The van der Waals surface area contributed by atoms with E-state index in [0.29, 0.717) is 6.04 Å². The van der Waals surface area contributed by atoms with Gasteiger partial charge >= 0.3 is 0 Å². The molecule has 1 aromatic heterocycles. The lowest BCUT2D eigenvalue weighted by Crippen LogP contribution is -2.11. The van der Waals surface area contributed by atoms with Gasteiger partial charge in [0.05, 0.1) is 11.0 Å². The van der Waals surface area contributed by atoms with Crippen molar-refractivity contribution in [2.24, 2.45) is 5.92 Å². The Labute approximate surface area is 107 Å². The van der Waals surface area contributed by atoms with Crippen molar-refractivity contribution in [2.45, 2.75) is 39.2 Å². The van der Waals surface area contributed by atoms with Gasteiger partial charge in [-0.3, -0.25) is 0 Å². The largest absolute Gasteiger partial charge is 0.330 e. The van der Waals surface area contributed by atoms with Gasteiger partial charge in [-0.2, -0.15) is 0 Å². The molecule has 0 saturated heterocycles. The van der Waals surface area contributed by atoms with E-state index in [2.05, 4.69) is 41.6 Å². The van der Waals surface area contributed by atoms with Gasteiger partial charge in [-0.25, -0.2) is 0 Å². The zero-order chi connectivity index (χ0) is 12.0. The molecule has 1 aromatic carbocycles. The fourth-order valence-corrected chi connectivity index (χ4v) is 3.47.